The van der Waals surface area contributed by atoms with E-state index >= 15 is 0 Å². The van der Waals surface area contributed by atoms with E-state index in [0.29, 0.717) is 25.1 Å². The van der Waals surface area contributed by atoms with Gasteiger partial charge in [0, 0.05) is 45.3 Å². The molecule has 246 valence electrons. The molecule has 15 heteroatoms. The first-order chi connectivity index (χ1) is 22.0. The highest BCUT2D eigenvalue weighted by Crippen LogP contribution is 2.29. The number of amides is 2. The highest BCUT2D eigenvalue weighted by molar-refractivity contribution is 7.89. The molecule has 2 amide bonds. The van der Waals surface area contributed by atoms with Gasteiger partial charge in [0.15, 0.2) is 0 Å². The second kappa shape index (κ2) is 13.3. The molecule has 46 heavy (non-hydrogen) atoms. The van der Waals surface area contributed by atoms with Crippen LogP contribution < -0.4 is 5.32 Å². The molecule has 13 nitrogen and oxygen atoms in total. The number of likely N-dealkylation sites (tertiary alicyclic amines) is 1. The van der Waals surface area contributed by atoms with Crippen LogP contribution in [0.2, 0.25) is 0 Å². The summed E-state index contributed by atoms with van der Waals surface area (Å²) >= 11 is 0. The Bertz CT molecular complexity index is 1600. The van der Waals surface area contributed by atoms with Crippen LogP contribution in [-0.4, -0.2) is 126 Å². The van der Waals surface area contributed by atoms with Crippen LogP contribution >= 0.6 is 0 Å². The summed E-state index contributed by atoms with van der Waals surface area (Å²) in [5, 5.41) is 33.7. The molecule has 0 aromatic heterocycles. The molecular formula is C31H36FN5O8S. The molecule has 2 aromatic carbocycles. The number of benzene rings is 2. The average molecular weight is 658 g/mol. The lowest BCUT2D eigenvalue weighted by atomic mass is 10.0. The van der Waals surface area contributed by atoms with E-state index in [-0.39, 0.29) is 49.5 Å². The largest absolute Gasteiger partial charge is 0.388 e. The van der Waals surface area contributed by atoms with Crippen molar-refractivity contribution in [2.75, 3.05) is 39.3 Å². The Kier molecular flexibility index (Phi) is 9.40. The van der Waals surface area contributed by atoms with Gasteiger partial charge in [-0.2, -0.15) is 9.57 Å². The predicted molar refractivity (Wildman–Crippen MR) is 159 cm³/mol. The normalized spacial score (nSPS) is 31.4. The van der Waals surface area contributed by atoms with E-state index in [1.807, 2.05) is 17.0 Å². The van der Waals surface area contributed by atoms with Gasteiger partial charge in [0.2, 0.25) is 21.8 Å². The van der Waals surface area contributed by atoms with Crippen LogP contribution in [0, 0.1) is 17.1 Å². The minimum Gasteiger partial charge on any atom is -0.388 e. The van der Waals surface area contributed by atoms with Crippen molar-refractivity contribution in [2.45, 2.75) is 66.9 Å². The molecule has 4 fully saturated rings. The van der Waals surface area contributed by atoms with Crippen LogP contribution in [0.25, 0.3) is 0 Å². The summed E-state index contributed by atoms with van der Waals surface area (Å²) < 4.78 is 54.6. The van der Waals surface area contributed by atoms with Gasteiger partial charge in [-0.3, -0.25) is 14.5 Å². The number of fused-ring (bicyclic) bond motifs is 6. The van der Waals surface area contributed by atoms with Gasteiger partial charge in [0.1, 0.15) is 24.1 Å². The first-order valence-corrected chi connectivity index (χ1v) is 16.7. The highest BCUT2D eigenvalue weighted by Gasteiger charge is 2.47. The van der Waals surface area contributed by atoms with Crippen molar-refractivity contribution in [1.82, 2.24) is 19.4 Å². The molecule has 0 saturated carbocycles. The van der Waals surface area contributed by atoms with E-state index in [0.717, 1.165) is 22.0 Å². The number of aliphatic hydroxyl groups excluding tert-OH is 2. The minimum atomic E-state index is -4.36. The summed E-state index contributed by atoms with van der Waals surface area (Å²) in [6, 6.07) is 12.7. The Morgan fingerprint density at radius 1 is 1.02 bits per heavy atom. The molecule has 7 atom stereocenters. The third-order valence-corrected chi connectivity index (χ3v) is 10.9. The van der Waals surface area contributed by atoms with E-state index in [2.05, 4.69) is 11.4 Å². The Hall–Kier alpha value is -3.49. The van der Waals surface area contributed by atoms with Gasteiger partial charge in [0.25, 0.3) is 0 Å². The monoisotopic (exact) mass is 657 g/mol. The van der Waals surface area contributed by atoms with Gasteiger partial charge >= 0.3 is 0 Å². The van der Waals surface area contributed by atoms with E-state index in [1.165, 1.54) is 12.1 Å². The van der Waals surface area contributed by atoms with Crippen LogP contribution in [0.15, 0.2) is 53.4 Å². The predicted octanol–water partition coefficient (Wildman–Crippen LogP) is -0.432. The first kappa shape index (κ1) is 32.5. The topological polar surface area (TPSA) is 173 Å². The van der Waals surface area contributed by atoms with Crippen molar-refractivity contribution in [2.24, 2.45) is 0 Å². The molecule has 6 rings (SSSR count). The molecule has 4 aliphatic rings. The van der Waals surface area contributed by atoms with E-state index in [9.17, 15) is 32.6 Å². The summed E-state index contributed by atoms with van der Waals surface area (Å²) in [4.78, 5) is 30.5. The quantitative estimate of drug-likeness (QED) is 0.392. The Labute approximate surface area is 266 Å². The molecule has 0 unspecified atom stereocenters. The second-order valence-electron chi connectivity index (χ2n) is 12.2. The maximum absolute atomic E-state index is 14.1. The molecule has 0 aliphatic carbocycles. The zero-order chi connectivity index (χ0) is 32.6. The van der Waals surface area contributed by atoms with Crippen LogP contribution in [0.5, 0.6) is 0 Å². The fraction of sp³-hybridized carbons (Fsp3) is 0.516. The maximum Gasteiger partial charge on any atom is 0.243 e. The van der Waals surface area contributed by atoms with Gasteiger partial charge in [-0.1, -0.05) is 18.2 Å². The number of nitriles is 1. The Balaban J connectivity index is 1.31. The van der Waals surface area contributed by atoms with Crippen LogP contribution in [0.1, 0.15) is 24.0 Å². The lowest BCUT2D eigenvalue weighted by molar-refractivity contribution is -0.144. The number of carbonyl (C=O) groups is 2. The summed E-state index contributed by atoms with van der Waals surface area (Å²) in [5.74, 6) is -1.38. The maximum atomic E-state index is 14.1. The van der Waals surface area contributed by atoms with Crippen molar-refractivity contribution >= 4 is 21.8 Å². The van der Waals surface area contributed by atoms with Gasteiger partial charge in [-0.15, -0.1) is 0 Å². The minimum absolute atomic E-state index is 0.0750. The summed E-state index contributed by atoms with van der Waals surface area (Å²) in [7, 11) is -4.36. The Morgan fingerprint density at radius 3 is 2.52 bits per heavy atom. The van der Waals surface area contributed by atoms with Crippen LogP contribution in [0.4, 0.5) is 4.39 Å². The molecule has 0 spiro atoms. The van der Waals surface area contributed by atoms with Crippen molar-refractivity contribution in [1.29, 1.82) is 5.26 Å². The molecule has 6 bridgehead atoms. The summed E-state index contributed by atoms with van der Waals surface area (Å²) in [6.07, 6.45) is -5.99. The lowest BCUT2D eigenvalue weighted by Crippen LogP contribution is -2.55. The van der Waals surface area contributed by atoms with E-state index < -0.39 is 64.9 Å². The molecule has 4 saturated heterocycles. The third-order valence-electron chi connectivity index (χ3n) is 9.05. The number of hydrogen-bond donors (Lipinski definition) is 3. The van der Waals surface area contributed by atoms with Gasteiger partial charge in [0.05, 0.1) is 47.8 Å². The smallest absolute Gasteiger partial charge is 0.243 e. The lowest BCUT2D eigenvalue weighted by Gasteiger charge is -2.38. The van der Waals surface area contributed by atoms with E-state index in [4.69, 9.17) is 14.7 Å². The highest BCUT2D eigenvalue weighted by atomic mass is 32.2. The van der Waals surface area contributed by atoms with Crippen molar-refractivity contribution in [3.05, 3.63) is 65.5 Å². The fourth-order valence-corrected chi connectivity index (χ4v) is 8.21. The number of carbonyl (C=O) groups excluding carboxylic acids is 2. The number of aliphatic hydroxyl groups is 2. The third kappa shape index (κ3) is 6.79. The number of sulfonamides is 1. The molecule has 4 heterocycles. The molecule has 2 aromatic rings. The number of rotatable bonds is 4. The zero-order valence-corrected chi connectivity index (χ0v) is 25.8. The van der Waals surface area contributed by atoms with Gasteiger partial charge < -0.3 is 29.9 Å². The Morgan fingerprint density at radius 2 is 1.78 bits per heavy atom. The SMILES string of the molecule is N#Cc1ccc(CN2C[C@@H]3C[C@H]2C(=O)N2CCO[C@@H](C2)CN(S(=O)(=O)c2cccc(F)c2)C[C@H]2O[C@@H](CC(=O)N3)[C@H](O)[C@@H]2O)cc1. The van der Waals surface area contributed by atoms with Crippen molar-refractivity contribution in [3.8, 4) is 6.07 Å². The van der Waals surface area contributed by atoms with Crippen LogP contribution in [-0.2, 0) is 35.6 Å². The number of nitrogens with one attached hydrogen (secondary N) is 1. The van der Waals surface area contributed by atoms with E-state index in [1.54, 1.807) is 17.0 Å². The first-order valence-electron chi connectivity index (χ1n) is 15.2. The van der Waals surface area contributed by atoms with Crippen LogP contribution in [0.3, 0.4) is 0 Å². The standard InChI is InChI=1S/C31H36FN5O8S/c32-21-2-1-3-24(10-21)46(42,43)37-17-23-16-35(8-9-44-23)31(41)25-11-22(15-36(25)14-20-6-4-19(13-33)5-7-20)34-28(38)12-26-29(39)30(40)27(18-37)45-26/h1-7,10,22-23,25-27,29-30,39-40H,8-9,11-12,14-18H2,(H,34,38)/t22-,23-,25-,26-,27+,29-,30+/m0/s1. The number of nitrogens with zero attached hydrogens (tertiary/aromatic N) is 4. The molecule has 0 radical (unpaired) electrons. The van der Waals surface area contributed by atoms with Crippen molar-refractivity contribution in [3.63, 3.8) is 0 Å². The number of halogens is 1. The molecule has 4 aliphatic heterocycles. The molecule has 3 N–H and O–H groups in total. The van der Waals surface area contributed by atoms with Gasteiger partial charge in [-0.05, 0) is 42.3 Å². The zero-order valence-electron chi connectivity index (χ0n) is 24.9. The molecular weight excluding hydrogens is 621 g/mol. The number of ether oxygens (including phenoxy) is 2. The van der Waals surface area contributed by atoms with Crippen molar-refractivity contribution < 1.29 is 42.1 Å². The summed E-state index contributed by atoms with van der Waals surface area (Å²) in [5.41, 5.74) is 1.40. The van der Waals surface area contributed by atoms with Gasteiger partial charge in [-0.25, -0.2) is 12.8 Å². The fourth-order valence-electron chi connectivity index (χ4n) is 6.69. The average Bonchev–Trinajstić information content (AvgIpc) is 3.55. The second-order valence-corrected chi connectivity index (χ2v) is 14.1. The summed E-state index contributed by atoms with van der Waals surface area (Å²) in [6.45, 7) is 0.616. The number of hydrogen-bond acceptors (Lipinski definition) is 10. The number of morpholine rings is 1.